The van der Waals surface area contributed by atoms with Crippen molar-refractivity contribution in [2.45, 2.75) is 52.1 Å². The lowest BCUT2D eigenvalue weighted by Gasteiger charge is -2.29. The molecule has 198 valence electrons. The van der Waals surface area contributed by atoms with E-state index >= 15 is 0 Å². The number of rotatable bonds is 13. The van der Waals surface area contributed by atoms with Crippen LogP contribution in [0.4, 0.5) is 5.69 Å². The minimum Gasteiger partial charge on any atom is -0.354 e. The second-order valence-corrected chi connectivity index (χ2v) is 11.7. The molecule has 0 spiro atoms. The highest BCUT2D eigenvalue weighted by Crippen LogP contribution is 2.31. The van der Waals surface area contributed by atoms with E-state index in [1.165, 1.54) is 17.0 Å². The largest absolute Gasteiger partial charge is 0.354 e. The molecular formula is C25H32Cl3N3O4S. The van der Waals surface area contributed by atoms with Gasteiger partial charge in [-0.3, -0.25) is 13.9 Å². The van der Waals surface area contributed by atoms with Gasteiger partial charge in [0.1, 0.15) is 6.04 Å². The van der Waals surface area contributed by atoms with E-state index in [1.54, 1.807) is 37.3 Å². The van der Waals surface area contributed by atoms with E-state index in [9.17, 15) is 18.0 Å². The van der Waals surface area contributed by atoms with Crippen LogP contribution in [0.15, 0.2) is 42.5 Å². The molecule has 0 heterocycles. The maximum Gasteiger partial charge on any atom is 0.242 e. The zero-order valence-corrected chi connectivity index (χ0v) is 23.7. The number of nitrogens with zero attached hydrogens (tertiary/aromatic N) is 2. The van der Waals surface area contributed by atoms with Gasteiger partial charge in [-0.2, -0.15) is 0 Å². The van der Waals surface area contributed by atoms with E-state index in [0.29, 0.717) is 16.6 Å². The van der Waals surface area contributed by atoms with Crippen LogP contribution in [-0.4, -0.2) is 50.5 Å². The van der Waals surface area contributed by atoms with Gasteiger partial charge in [0.25, 0.3) is 0 Å². The van der Waals surface area contributed by atoms with Gasteiger partial charge >= 0.3 is 0 Å². The number of unbranched alkanes of at least 4 members (excludes halogenated alkanes) is 1. The Balaban J connectivity index is 2.17. The normalized spacial score (nSPS) is 12.2. The molecule has 0 saturated carbocycles. The van der Waals surface area contributed by atoms with Crippen molar-refractivity contribution in [3.63, 3.8) is 0 Å². The number of anilines is 1. The van der Waals surface area contributed by atoms with Crippen molar-refractivity contribution < 1.29 is 18.0 Å². The Morgan fingerprint density at radius 1 is 1.00 bits per heavy atom. The Kier molecular flexibility index (Phi) is 11.8. The maximum absolute atomic E-state index is 13.3. The quantitative estimate of drug-likeness (QED) is 0.318. The number of sulfonamides is 1. The molecule has 0 fully saturated rings. The molecule has 2 aromatic rings. The summed E-state index contributed by atoms with van der Waals surface area (Å²) in [5, 5.41) is 4.02. The molecule has 36 heavy (non-hydrogen) atoms. The standard InChI is InChI=1S/C25H32Cl3N3O4S/c1-4-5-14-29-25(33)18(2)30(17-19-8-10-20(26)11-9-19)24(32)7-6-15-31(36(3,34)35)23-16-21(27)12-13-22(23)28/h8-13,16,18H,4-7,14-15,17H2,1-3H3,(H,29,33)/t18-/m0/s1. The summed E-state index contributed by atoms with van der Waals surface area (Å²) < 4.78 is 26.1. The van der Waals surface area contributed by atoms with E-state index in [-0.39, 0.29) is 48.5 Å². The molecule has 2 aromatic carbocycles. The first-order chi connectivity index (χ1) is 16.9. The monoisotopic (exact) mass is 575 g/mol. The third-order valence-electron chi connectivity index (χ3n) is 5.59. The van der Waals surface area contributed by atoms with E-state index in [0.717, 1.165) is 29.0 Å². The highest BCUT2D eigenvalue weighted by molar-refractivity contribution is 7.92. The first-order valence-electron chi connectivity index (χ1n) is 11.7. The Morgan fingerprint density at radius 2 is 1.64 bits per heavy atom. The summed E-state index contributed by atoms with van der Waals surface area (Å²) >= 11 is 18.3. The van der Waals surface area contributed by atoms with Crippen molar-refractivity contribution >= 4 is 62.3 Å². The minimum atomic E-state index is -3.68. The summed E-state index contributed by atoms with van der Waals surface area (Å²) in [5.41, 5.74) is 1.07. The van der Waals surface area contributed by atoms with Gasteiger partial charge in [0.05, 0.1) is 17.0 Å². The topological polar surface area (TPSA) is 86.8 Å². The van der Waals surface area contributed by atoms with Gasteiger partial charge in [-0.15, -0.1) is 0 Å². The summed E-state index contributed by atoms with van der Waals surface area (Å²) in [4.78, 5) is 27.5. The average molecular weight is 577 g/mol. The lowest BCUT2D eigenvalue weighted by atomic mass is 10.1. The molecule has 0 unspecified atom stereocenters. The predicted molar refractivity (Wildman–Crippen MR) is 147 cm³/mol. The second-order valence-electron chi connectivity index (χ2n) is 8.50. The Bertz CT molecular complexity index is 1140. The van der Waals surface area contributed by atoms with Crippen LogP contribution in [0.5, 0.6) is 0 Å². The Hall–Kier alpha value is -2.00. The molecule has 1 N–H and O–H groups in total. The molecular weight excluding hydrogens is 545 g/mol. The van der Waals surface area contributed by atoms with Crippen LogP contribution in [0.3, 0.4) is 0 Å². The summed E-state index contributed by atoms with van der Waals surface area (Å²) in [6.45, 7) is 4.49. The highest BCUT2D eigenvalue weighted by Gasteiger charge is 2.27. The number of halogens is 3. The number of amides is 2. The van der Waals surface area contributed by atoms with Crippen molar-refractivity contribution in [1.29, 1.82) is 0 Å². The molecule has 0 aromatic heterocycles. The van der Waals surface area contributed by atoms with Crippen molar-refractivity contribution in [3.8, 4) is 0 Å². The number of hydrogen-bond donors (Lipinski definition) is 1. The van der Waals surface area contributed by atoms with Crippen LogP contribution in [0, 0.1) is 0 Å². The molecule has 0 bridgehead atoms. The van der Waals surface area contributed by atoms with E-state index in [4.69, 9.17) is 34.8 Å². The molecule has 0 aliphatic heterocycles. The Labute approximate surface area is 228 Å². The first-order valence-corrected chi connectivity index (χ1v) is 14.7. The zero-order chi connectivity index (χ0) is 26.9. The molecule has 1 atom stereocenters. The highest BCUT2D eigenvalue weighted by atomic mass is 35.5. The molecule has 2 rings (SSSR count). The van der Waals surface area contributed by atoms with Gasteiger partial charge < -0.3 is 10.2 Å². The number of nitrogens with one attached hydrogen (secondary N) is 1. The summed E-state index contributed by atoms with van der Waals surface area (Å²) in [6, 6.07) is 10.9. The van der Waals surface area contributed by atoms with E-state index in [1.807, 2.05) is 6.92 Å². The van der Waals surface area contributed by atoms with Crippen molar-refractivity contribution in [1.82, 2.24) is 10.2 Å². The van der Waals surface area contributed by atoms with Crippen molar-refractivity contribution in [3.05, 3.63) is 63.1 Å². The maximum atomic E-state index is 13.3. The summed E-state index contributed by atoms with van der Waals surface area (Å²) in [7, 11) is -3.68. The molecule has 0 saturated heterocycles. The van der Waals surface area contributed by atoms with Crippen LogP contribution >= 0.6 is 34.8 Å². The number of benzene rings is 2. The van der Waals surface area contributed by atoms with Gasteiger partial charge in [0.2, 0.25) is 21.8 Å². The number of carbonyl (C=O) groups excluding carboxylic acids is 2. The SMILES string of the molecule is CCCCNC(=O)[C@H](C)N(Cc1ccc(Cl)cc1)C(=O)CCCN(c1cc(Cl)ccc1Cl)S(C)(=O)=O. The fraction of sp³-hybridized carbons (Fsp3) is 0.440. The van der Waals surface area contributed by atoms with Crippen LogP contribution in [0.25, 0.3) is 0 Å². The summed E-state index contributed by atoms with van der Waals surface area (Å²) in [5.74, 6) is -0.511. The molecule has 0 aliphatic rings. The zero-order valence-electron chi connectivity index (χ0n) is 20.6. The van der Waals surface area contributed by atoms with Crippen molar-refractivity contribution in [2.24, 2.45) is 0 Å². The lowest BCUT2D eigenvalue weighted by Crippen LogP contribution is -2.48. The number of hydrogen-bond acceptors (Lipinski definition) is 4. The third-order valence-corrected chi connectivity index (χ3v) is 7.58. The molecule has 0 radical (unpaired) electrons. The third kappa shape index (κ3) is 9.14. The fourth-order valence-electron chi connectivity index (χ4n) is 3.56. The first kappa shape index (κ1) is 30.2. The van der Waals surface area contributed by atoms with Gasteiger partial charge in [0, 0.05) is 36.1 Å². The van der Waals surface area contributed by atoms with Crippen molar-refractivity contribution in [2.75, 3.05) is 23.7 Å². The van der Waals surface area contributed by atoms with Crippen LogP contribution in [0.1, 0.15) is 45.1 Å². The van der Waals surface area contributed by atoms with Gasteiger partial charge in [0.15, 0.2) is 0 Å². The Morgan fingerprint density at radius 3 is 2.25 bits per heavy atom. The second kappa shape index (κ2) is 14.1. The average Bonchev–Trinajstić information content (AvgIpc) is 2.82. The smallest absolute Gasteiger partial charge is 0.242 e. The number of carbonyl (C=O) groups is 2. The van der Waals surface area contributed by atoms with Crippen LogP contribution < -0.4 is 9.62 Å². The van der Waals surface area contributed by atoms with Gasteiger partial charge in [-0.25, -0.2) is 8.42 Å². The van der Waals surface area contributed by atoms with Gasteiger partial charge in [-0.1, -0.05) is 60.3 Å². The van der Waals surface area contributed by atoms with E-state index < -0.39 is 16.1 Å². The lowest BCUT2D eigenvalue weighted by molar-refractivity contribution is -0.140. The van der Waals surface area contributed by atoms with Crippen LogP contribution in [-0.2, 0) is 26.2 Å². The minimum absolute atomic E-state index is 0.0243. The molecule has 2 amide bonds. The molecule has 11 heteroatoms. The van der Waals surface area contributed by atoms with Gasteiger partial charge in [-0.05, 0) is 55.7 Å². The predicted octanol–water partition coefficient (Wildman–Crippen LogP) is 5.53. The fourth-order valence-corrected chi connectivity index (χ4v) is 5.10. The summed E-state index contributed by atoms with van der Waals surface area (Å²) in [6.07, 6.45) is 3.11. The van der Waals surface area contributed by atoms with E-state index in [2.05, 4.69) is 5.32 Å². The van der Waals surface area contributed by atoms with Crippen LogP contribution in [0.2, 0.25) is 15.1 Å². The molecule has 7 nitrogen and oxygen atoms in total. The molecule has 0 aliphatic carbocycles.